The number of hydrogen-bond acceptors (Lipinski definition) is 6. The fraction of sp³-hybridized carbons (Fsp3) is 0.350. The zero-order valence-corrected chi connectivity index (χ0v) is 18.1. The van der Waals surface area contributed by atoms with E-state index in [4.69, 9.17) is 4.55 Å². The normalized spacial score (nSPS) is 15.8. The Bertz CT molecular complexity index is 1310. The lowest BCUT2D eigenvalue weighted by atomic mass is 10.1. The van der Waals surface area contributed by atoms with Crippen LogP contribution in [0.25, 0.3) is 11.0 Å². The lowest BCUT2D eigenvalue weighted by molar-refractivity contribution is -0.137. The van der Waals surface area contributed by atoms with E-state index in [9.17, 15) is 26.4 Å². The van der Waals surface area contributed by atoms with Gasteiger partial charge in [-0.05, 0) is 30.3 Å². The SMILES string of the molecule is O=c1[nH]c2cc(OS(=O)(=O)O)ccc2n1CCN1CCN(c2cccc(C(F)(F)F)c2)CC1. The molecule has 0 saturated carbocycles. The first kappa shape index (κ1) is 23.1. The molecule has 33 heavy (non-hydrogen) atoms. The van der Waals surface area contributed by atoms with Crippen molar-refractivity contribution in [2.45, 2.75) is 12.7 Å². The van der Waals surface area contributed by atoms with Gasteiger partial charge >= 0.3 is 22.3 Å². The van der Waals surface area contributed by atoms with Crippen molar-refractivity contribution < 1.29 is 30.3 Å². The maximum absolute atomic E-state index is 13.0. The van der Waals surface area contributed by atoms with Crippen molar-refractivity contribution in [1.82, 2.24) is 14.5 Å². The van der Waals surface area contributed by atoms with Crippen LogP contribution in [0.1, 0.15) is 5.56 Å². The molecule has 9 nitrogen and oxygen atoms in total. The first-order chi connectivity index (χ1) is 15.5. The molecule has 0 bridgehead atoms. The van der Waals surface area contributed by atoms with Gasteiger partial charge in [-0.15, -0.1) is 0 Å². The van der Waals surface area contributed by atoms with Gasteiger partial charge in [-0.1, -0.05) is 6.07 Å². The highest BCUT2D eigenvalue weighted by molar-refractivity contribution is 7.81. The number of benzene rings is 2. The van der Waals surface area contributed by atoms with Crippen LogP contribution < -0.4 is 14.8 Å². The van der Waals surface area contributed by atoms with Crippen LogP contribution in [0.15, 0.2) is 47.3 Å². The quantitative estimate of drug-likeness (QED) is 0.515. The smallest absolute Gasteiger partial charge is 0.369 e. The standard InChI is InChI=1S/C20H21F3N4O5S/c21-20(22,23)14-2-1-3-15(12-14)26-9-6-25(7-10-26)8-11-27-18-5-4-16(32-33(29,30)31)13-17(18)24-19(27)28/h1-5,12-13H,6-11H2,(H,24,28)(H,29,30,31). The number of alkyl halides is 3. The minimum atomic E-state index is -4.67. The Morgan fingerprint density at radius 1 is 1.03 bits per heavy atom. The molecule has 13 heteroatoms. The summed E-state index contributed by atoms with van der Waals surface area (Å²) in [5.74, 6) is -0.135. The molecule has 2 N–H and O–H groups in total. The number of fused-ring (bicyclic) bond motifs is 1. The van der Waals surface area contributed by atoms with Gasteiger partial charge in [-0.25, -0.2) is 4.79 Å². The van der Waals surface area contributed by atoms with Crippen LogP contribution in [0.5, 0.6) is 5.75 Å². The van der Waals surface area contributed by atoms with Crippen molar-refractivity contribution in [3.8, 4) is 5.75 Å². The molecule has 0 unspecified atom stereocenters. The van der Waals surface area contributed by atoms with E-state index >= 15 is 0 Å². The molecule has 0 aliphatic carbocycles. The second-order valence-electron chi connectivity index (χ2n) is 7.65. The first-order valence-electron chi connectivity index (χ1n) is 10.0. The Morgan fingerprint density at radius 2 is 1.76 bits per heavy atom. The van der Waals surface area contributed by atoms with Crippen LogP contribution >= 0.6 is 0 Å². The van der Waals surface area contributed by atoms with Crippen LogP contribution in [0.4, 0.5) is 18.9 Å². The molecular weight excluding hydrogens is 465 g/mol. The number of piperazine rings is 1. The molecule has 0 radical (unpaired) electrons. The third kappa shape index (κ3) is 5.49. The van der Waals surface area contributed by atoms with E-state index < -0.39 is 22.1 Å². The number of aromatic amines is 1. The van der Waals surface area contributed by atoms with Crippen molar-refractivity contribution in [2.24, 2.45) is 0 Å². The highest BCUT2D eigenvalue weighted by Gasteiger charge is 2.31. The van der Waals surface area contributed by atoms with Gasteiger partial charge in [-0.3, -0.25) is 14.0 Å². The predicted molar refractivity (Wildman–Crippen MR) is 115 cm³/mol. The number of nitrogens with one attached hydrogen (secondary N) is 1. The number of halogens is 3. The van der Waals surface area contributed by atoms with Gasteiger partial charge in [0, 0.05) is 51.0 Å². The van der Waals surface area contributed by atoms with Crippen molar-refractivity contribution in [3.05, 3.63) is 58.5 Å². The topological polar surface area (TPSA) is 108 Å². The van der Waals surface area contributed by atoms with Crippen molar-refractivity contribution in [3.63, 3.8) is 0 Å². The molecule has 2 aromatic carbocycles. The maximum atomic E-state index is 13.0. The van der Waals surface area contributed by atoms with Gasteiger partial charge in [0.1, 0.15) is 5.75 Å². The summed E-state index contributed by atoms with van der Waals surface area (Å²) in [6, 6.07) is 9.41. The zero-order valence-electron chi connectivity index (χ0n) is 17.2. The largest absolute Gasteiger partial charge is 0.446 e. The van der Waals surface area contributed by atoms with Crippen LogP contribution in [0.3, 0.4) is 0 Å². The van der Waals surface area contributed by atoms with Crippen molar-refractivity contribution >= 4 is 27.1 Å². The van der Waals surface area contributed by atoms with Gasteiger partial charge in [-0.2, -0.15) is 21.6 Å². The van der Waals surface area contributed by atoms with Crippen LogP contribution in [0.2, 0.25) is 0 Å². The van der Waals surface area contributed by atoms with Gasteiger partial charge in [0.2, 0.25) is 0 Å². The molecule has 0 spiro atoms. The monoisotopic (exact) mass is 486 g/mol. The molecule has 1 aromatic heterocycles. The summed E-state index contributed by atoms with van der Waals surface area (Å²) in [7, 11) is -4.67. The Morgan fingerprint density at radius 3 is 2.42 bits per heavy atom. The molecule has 0 atom stereocenters. The number of rotatable bonds is 6. The summed E-state index contributed by atoms with van der Waals surface area (Å²) < 4.78 is 75.3. The highest BCUT2D eigenvalue weighted by Crippen LogP contribution is 2.31. The number of hydrogen-bond donors (Lipinski definition) is 2. The number of H-pyrrole nitrogens is 1. The summed E-state index contributed by atoms with van der Waals surface area (Å²) in [6.07, 6.45) is -4.39. The number of aromatic nitrogens is 2. The average molecular weight is 486 g/mol. The summed E-state index contributed by atoms with van der Waals surface area (Å²) >= 11 is 0. The molecule has 1 aliphatic heterocycles. The van der Waals surface area contributed by atoms with E-state index in [0.717, 1.165) is 12.1 Å². The minimum Gasteiger partial charge on any atom is -0.369 e. The van der Waals surface area contributed by atoms with Gasteiger partial charge in [0.15, 0.2) is 0 Å². The summed E-state index contributed by atoms with van der Waals surface area (Å²) in [5.41, 5.74) is 0.379. The molecular formula is C20H21F3N4O5S. The first-order valence-corrected chi connectivity index (χ1v) is 11.4. The van der Waals surface area contributed by atoms with Crippen molar-refractivity contribution in [1.29, 1.82) is 0 Å². The number of anilines is 1. The van der Waals surface area contributed by atoms with E-state index in [1.54, 1.807) is 6.07 Å². The molecule has 178 valence electrons. The number of imidazole rings is 1. The molecule has 1 saturated heterocycles. The zero-order chi connectivity index (χ0) is 23.8. The Balaban J connectivity index is 1.38. The van der Waals surface area contributed by atoms with Gasteiger partial charge in [0.05, 0.1) is 16.6 Å². The second-order valence-corrected chi connectivity index (χ2v) is 8.67. The lowest BCUT2D eigenvalue weighted by Crippen LogP contribution is -2.47. The molecule has 0 amide bonds. The van der Waals surface area contributed by atoms with E-state index in [1.165, 1.54) is 28.8 Å². The van der Waals surface area contributed by atoms with Crippen LogP contribution in [-0.2, 0) is 23.1 Å². The fourth-order valence-electron chi connectivity index (χ4n) is 3.89. The number of nitrogens with zero attached hydrogens (tertiary/aromatic N) is 3. The third-order valence-electron chi connectivity index (χ3n) is 5.50. The van der Waals surface area contributed by atoms with Gasteiger partial charge < -0.3 is 14.1 Å². The average Bonchev–Trinajstić information content (AvgIpc) is 3.05. The molecule has 2 heterocycles. The van der Waals surface area contributed by atoms with Crippen LogP contribution in [0, 0.1) is 0 Å². The lowest BCUT2D eigenvalue weighted by Gasteiger charge is -2.36. The second kappa shape index (κ2) is 8.72. The summed E-state index contributed by atoms with van der Waals surface area (Å²) in [4.78, 5) is 19.0. The maximum Gasteiger partial charge on any atom is 0.446 e. The Hall–Kier alpha value is -3.03. The van der Waals surface area contributed by atoms with Crippen molar-refractivity contribution in [2.75, 3.05) is 37.6 Å². The van der Waals surface area contributed by atoms with Crippen LogP contribution in [-0.4, -0.2) is 60.1 Å². The summed E-state index contributed by atoms with van der Waals surface area (Å²) in [5, 5.41) is 0. The van der Waals surface area contributed by atoms with E-state index in [2.05, 4.69) is 14.1 Å². The fourth-order valence-corrected chi connectivity index (χ4v) is 4.24. The Kier molecular flexibility index (Phi) is 6.12. The predicted octanol–water partition coefficient (Wildman–Crippen LogP) is 2.35. The van der Waals surface area contributed by atoms with E-state index in [-0.39, 0.29) is 11.4 Å². The summed E-state index contributed by atoms with van der Waals surface area (Å²) in [6.45, 7) is 3.27. The van der Waals surface area contributed by atoms with E-state index in [1.807, 2.05) is 4.90 Å². The third-order valence-corrected chi connectivity index (χ3v) is 5.90. The van der Waals surface area contributed by atoms with E-state index in [0.29, 0.717) is 56.0 Å². The molecule has 1 fully saturated rings. The minimum absolute atomic E-state index is 0.135. The highest BCUT2D eigenvalue weighted by atomic mass is 32.3. The molecule has 1 aliphatic rings. The van der Waals surface area contributed by atoms with Gasteiger partial charge in [0.25, 0.3) is 0 Å². The molecule has 4 rings (SSSR count). The Labute approximate surface area is 186 Å². The molecule has 3 aromatic rings.